The van der Waals surface area contributed by atoms with Crippen molar-refractivity contribution in [2.75, 3.05) is 28.2 Å². The fourth-order valence-corrected chi connectivity index (χ4v) is 3.99. The van der Waals surface area contributed by atoms with Crippen LogP contribution >= 0.6 is 0 Å². The van der Waals surface area contributed by atoms with E-state index in [0.717, 1.165) is 10.8 Å². The second-order valence-corrected chi connectivity index (χ2v) is 8.14. The van der Waals surface area contributed by atoms with Gasteiger partial charge >= 0.3 is 0 Å². The van der Waals surface area contributed by atoms with Gasteiger partial charge in [0.25, 0.3) is 11.8 Å². The Labute approximate surface area is 185 Å². The van der Waals surface area contributed by atoms with Gasteiger partial charge < -0.3 is 20.0 Å². The largest absolute Gasteiger partial charge is 0.506 e. The number of hydrogen-bond acceptors (Lipinski definition) is 4. The Morgan fingerprint density at radius 2 is 0.969 bits per heavy atom. The first-order valence-electron chi connectivity index (χ1n) is 10.2. The summed E-state index contributed by atoms with van der Waals surface area (Å²) < 4.78 is 0. The van der Waals surface area contributed by atoms with Crippen molar-refractivity contribution in [3.05, 3.63) is 71.8 Å². The minimum absolute atomic E-state index is 0.122. The summed E-state index contributed by atoms with van der Waals surface area (Å²) in [5.74, 6) is -1.20. The molecule has 2 amide bonds. The molecule has 4 aromatic rings. The predicted molar refractivity (Wildman–Crippen MR) is 126 cm³/mol. The van der Waals surface area contributed by atoms with E-state index >= 15 is 0 Å². The zero-order valence-corrected chi connectivity index (χ0v) is 18.4. The molecule has 0 atom stereocenters. The maximum Gasteiger partial charge on any atom is 0.257 e. The third kappa shape index (κ3) is 3.30. The van der Waals surface area contributed by atoms with Crippen LogP contribution in [0.25, 0.3) is 32.7 Å². The normalized spacial score (nSPS) is 11.0. The van der Waals surface area contributed by atoms with Gasteiger partial charge in [-0.3, -0.25) is 9.59 Å². The highest BCUT2D eigenvalue weighted by Gasteiger charge is 2.26. The molecule has 0 aliphatic rings. The van der Waals surface area contributed by atoms with Crippen molar-refractivity contribution < 1.29 is 19.8 Å². The molecule has 0 aliphatic heterocycles. The molecule has 162 valence electrons. The monoisotopic (exact) mass is 428 g/mol. The van der Waals surface area contributed by atoms with Crippen LogP contribution in [-0.4, -0.2) is 60.0 Å². The van der Waals surface area contributed by atoms with Crippen molar-refractivity contribution in [2.24, 2.45) is 0 Å². The molecule has 0 saturated heterocycles. The van der Waals surface area contributed by atoms with E-state index in [1.165, 1.54) is 9.80 Å². The fraction of sp³-hybridized carbons (Fsp3) is 0.154. The Balaban J connectivity index is 2.21. The van der Waals surface area contributed by atoms with Crippen LogP contribution in [0, 0.1) is 0 Å². The Kier molecular flexibility index (Phi) is 5.22. The molecule has 4 rings (SSSR count). The number of carbonyl (C=O) groups is 2. The molecule has 32 heavy (non-hydrogen) atoms. The summed E-state index contributed by atoms with van der Waals surface area (Å²) in [6.45, 7) is 0. The third-order valence-electron chi connectivity index (χ3n) is 5.57. The molecule has 0 heterocycles. The first-order chi connectivity index (χ1) is 15.2. The van der Waals surface area contributed by atoms with E-state index in [4.69, 9.17) is 0 Å². The van der Waals surface area contributed by atoms with Crippen LogP contribution in [0.4, 0.5) is 0 Å². The van der Waals surface area contributed by atoms with Crippen LogP contribution in [0.2, 0.25) is 0 Å². The van der Waals surface area contributed by atoms with Crippen molar-refractivity contribution in [3.8, 4) is 22.6 Å². The average molecular weight is 428 g/mol. The van der Waals surface area contributed by atoms with E-state index in [2.05, 4.69) is 0 Å². The van der Waals surface area contributed by atoms with Crippen molar-refractivity contribution in [2.45, 2.75) is 0 Å². The van der Waals surface area contributed by atoms with E-state index < -0.39 is 0 Å². The molecule has 2 N–H and O–H groups in total. The van der Waals surface area contributed by atoms with Gasteiger partial charge in [0.2, 0.25) is 0 Å². The lowest BCUT2D eigenvalue weighted by molar-refractivity contribution is 0.0817. The van der Waals surface area contributed by atoms with Gasteiger partial charge in [-0.05, 0) is 33.7 Å². The van der Waals surface area contributed by atoms with E-state index in [1.807, 2.05) is 48.5 Å². The maximum atomic E-state index is 12.8. The first-order valence-corrected chi connectivity index (χ1v) is 10.2. The van der Waals surface area contributed by atoms with Crippen molar-refractivity contribution in [1.82, 2.24) is 9.80 Å². The molecule has 6 heteroatoms. The summed E-state index contributed by atoms with van der Waals surface area (Å²) in [6, 6.07) is 18.0. The summed E-state index contributed by atoms with van der Waals surface area (Å²) >= 11 is 0. The SMILES string of the molecule is CN(C)C(=O)c1cc2ccccc2c(-c2c(O)c(C(=O)N(C)C)cc3ccccc23)c1O. The van der Waals surface area contributed by atoms with Gasteiger partial charge in [-0.15, -0.1) is 0 Å². The van der Waals surface area contributed by atoms with Gasteiger partial charge in [0, 0.05) is 39.3 Å². The summed E-state index contributed by atoms with van der Waals surface area (Å²) in [7, 11) is 6.44. The molecule has 6 nitrogen and oxygen atoms in total. The summed E-state index contributed by atoms with van der Waals surface area (Å²) in [6.07, 6.45) is 0. The Hall–Kier alpha value is -4.06. The van der Waals surface area contributed by atoms with E-state index in [9.17, 15) is 19.8 Å². The minimum atomic E-state index is -0.362. The Morgan fingerprint density at radius 3 is 1.31 bits per heavy atom. The molecule has 0 fully saturated rings. The van der Waals surface area contributed by atoms with Crippen LogP contribution in [0.5, 0.6) is 11.5 Å². The second-order valence-electron chi connectivity index (χ2n) is 8.14. The van der Waals surface area contributed by atoms with Crippen LogP contribution in [0.15, 0.2) is 60.7 Å². The molecule has 0 radical (unpaired) electrons. The van der Waals surface area contributed by atoms with Gasteiger partial charge in [-0.1, -0.05) is 48.5 Å². The molecule has 0 saturated carbocycles. The minimum Gasteiger partial charge on any atom is -0.506 e. The van der Waals surface area contributed by atoms with E-state index in [1.54, 1.807) is 40.3 Å². The number of benzene rings is 4. The lowest BCUT2D eigenvalue weighted by Crippen LogP contribution is -2.22. The van der Waals surface area contributed by atoms with Gasteiger partial charge in [0.1, 0.15) is 11.5 Å². The number of fused-ring (bicyclic) bond motifs is 2. The number of phenols is 2. The summed E-state index contributed by atoms with van der Waals surface area (Å²) in [5, 5.41) is 25.4. The highest BCUT2D eigenvalue weighted by atomic mass is 16.3. The molecule has 0 aromatic heterocycles. The predicted octanol–water partition coefficient (Wildman–Crippen LogP) is 4.47. The van der Waals surface area contributed by atoms with Crippen molar-refractivity contribution in [1.29, 1.82) is 0 Å². The van der Waals surface area contributed by atoms with E-state index in [0.29, 0.717) is 21.9 Å². The lowest BCUT2D eigenvalue weighted by Gasteiger charge is -2.20. The zero-order chi connectivity index (χ0) is 23.2. The van der Waals surface area contributed by atoms with Gasteiger partial charge in [-0.2, -0.15) is 0 Å². The van der Waals surface area contributed by atoms with Gasteiger partial charge in [0.05, 0.1) is 11.1 Å². The maximum absolute atomic E-state index is 12.8. The zero-order valence-electron chi connectivity index (χ0n) is 18.4. The molecular formula is C26H24N2O4. The number of amides is 2. The highest BCUT2D eigenvalue weighted by molar-refractivity contribution is 6.16. The lowest BCUT2D eigenvalue weighted by atomic mass is 9.88. The average Bonchev–Trinajstić information content (AvgIpc) is 2.78. The number of carbonyl (C=O) groups excluding carboxylic acids is 2. The highest BCUT2D eigenvalue weighted by Crippen LogP contribution is 2.47. The Morgan fingerprint density at radius 1 is 0.625 bits per heavy atom. The van der Waals surface area contributed by atoms with Crippen LogP contribution in [0.1, 0.15) is 20.7 Å². The van der Waals surface area contributed by atoms with Gasteiger partial charge in [0.15, 0.2) is 0 Å². The summed E-state index contributed by atoms with van der Waals surface area (Å²) in [5.41, 5.74) is 0.874. The smallest absolute Gasteiger partial charge is 0.257 e. The molecule has 0 unspecified atom stereocenters. The Bertz CT molecular complexity index is 1280. The standard InChI is InChI=1S/C26H24N2O4/c1-27(2)25(31)19-13-15-9-5-7-11-17(15)21(23(19)29)22-18-12-8-6-10-16(18)14-20(24(22)30)26(32)28(3)4/h5-14,29-30H,1-4H3. The number of phenolic OH excluding ortho intramolecular Hbond substituents is 2. The number of rotatable bonds is 3. The molecule has 4 aromatic carbocycles. The first kappa shape index (κ1) is 21.2. The van der Waals surface area contributed by atoms with Crippen molar-refractivity contribution in [3.63, 3.8) is 0 Å². The quantitative estimate of drug-likeness (QED) is 0.504. The number of aromatic hydroxyl groups is 2. The molecule has 0 aliphatic carbocycles. The topological polar surface area (TPSA) is 81.1 Å². The molecule has 0 spiro atoms. The van der Waals surface area contributed by atoms with Crippen LogP contribution in [-0.2, 0) is 0 Å². The van der Waals surface area contributed by atoms with Crippen LogP contribution < -0.4 is 0 Å². The van der Waals surface area contributed by atoms with Crippen molar-refractivity contribution >= 4 is 33.4 Å². The molecular weight excluding hydrogens is 404 g/mol. The number of nitrogens with zero attached hydrogens (tertiary/aromatic N) is 2. The van der Waals surface area contributed by atoms with Gasteiger partial charge in [-0.25, -0.2) is 0 Å². The third-order valence-corrected chi connectivity index (χ3v) is 5.57. The van der Waals surface area contributed by atoms with E-state index in [-0.39, 0.29) is 34.4 Å². The number of hydrogen-bond donors (Lipinski definition) is 2. The molecule has 0 bridgehead atoms. The fourth-order valence-electron chi connectivity index (χ4n) is 3.99. The second kappa shape index (κ2) is 7.89. The summed E-state index contributed by atoms with van der Waals surface area (Å²) in [4.78, 5) is 28.5. The van der Waals surface area contributed by atoms with Crippen LogP contribution in [0.3, 0.4) is 0 Å².